The Labute approximate surface area is 152 Å². The number of hydrogen-bond acceptors (Lipinski definition) is 7. The number of benzene rings is 1. The first kappa shape index (κ1) is 16.8. The number of nitrogen functional groups attached to an aromatic ring is 1. The molecular weight excluding hydrogens is 330 g/mol. The quantitative estimate of drug-likeness (QED) is 0.780. The summed E-state index contributed by atoms with van der Waals surface area (Å²) in [5.41, 5.74) is 16.6. The molecule has 136 valence electrons. The number of aromatic nitrogens is 2. The number of nitrogens with two attached hydrogens (primary N) is 2. The molecule has 2 heterocycles. The van der Waals surface area contributed by atoms with Crippen molar-refractivity contribution in [1.82, 2.24) is 9.97 Å². The third-order valence-electron chi connectivity index (χ3n) is 5.32. The molecule has 26 heavy (non-hydrogen) atoms. The minimum Gasteiger partial charge on any atom is -0.469 e. The predicted molar refractivity (Wildman–Crippen MR) is 99.6 cm³/mol. The van der Waals surface area contributed by atoms with Gasteiger partial charge in [0.25, 0.3) is 0 Å². The van der Waals surface area contributed by atoms with Crippen LogP contribution in [0.2, 0.25) is 0 Å². The lowest BCUT2D eigenvalue weighted by atomic mass is 10.0. The molecule has 1 fully saturated rings. The van der Waals surface area contributed by atoms with Gasteiger partial charge in [0.1, 0.15) is 5.82 Å². The summed E-state index contributed by atoms with van der Waals surface area (Å²) in [5, 5.41) is 0. The Hall–Kier alpha value is -2.67. The van der Waals surface area contributed by atoms with E-state index in [1.807, 2.05) is 6.07 Å². The van der Waals surface area contributed by atoms with Crippen molar-refractivity contribution >= 4 is 17.7 Å². The number of carbonyl (C=O) groups is 1. The Bertz CT molecular complexity index is 854. The van der Waals surface area contributed by atoms with Gasteiger partial charge in [0, 0.05) is 30.3 Å². The van der Waals surface area contributed by atoms with Crippen LogP contribution in [-0.4, -0.2) is 42.2 Å². The number of carbonyl (C=O) groups excluding carboxylic acids is 1. The van der Waals surface area contributed by atoms with Gasteiger partial charge in [-0.15, -0.1) is 0 Å². The van der Waals surface area contributed by atoms with Crippen LogP contribution >= 0.6 is 0 Å². The highest BCUT2D eigenvalue weighted by atomic mass is 16.5. The van der Waals surface area contributed by atoms with E-state index in [4.69, 9.17) is 16.2 Å². The summed E-state index contributed by atoms with van der Waals surface area (Å²) < 4.78 is 4.89. The van der Waals surface area contributed by atoms with Crippen LogP contribution in [0.5, 0.6) is 0 Å². The van der Waals surface area contributed by atoms with E-state index in [1.165, 1.54) is 12.7 Å². The molecule has 7 heteroatoms. The normalized spacial score (nSPS) is 21.7. The highest BCUT2D eigenvalue weighted by Crippen LogP contribution is 2.37. The van der Waals surface area contributed by atoms with E-state index in [0.717, 1.165) is 41.9 Å². The number of anilines is 2. The molecule has 4 rings (SSSR count). The number of methoxy groups -OCH3 is 1. The molecule has 0 saturated carbocycles. The van der Waals surface area contributed by atoms with Crippen molar-refractivity contribution in [3.8, 4) is 11.3 Å². The number of nitrogens with zero attached hydrogens (tertiary/aromatic N) is 3. The fourth-order valence-electron chi connectivity index (χ4n) is 4.03. The number of ether oxygens (including phenoxy) is 1. The van der Waals surface area contributed by atoms with Crippen LogP contribution in [0.3, 0.4) is 0 Å². The van der Waals surface area contributed by atoms with Crippen molar-refractivity contribution in [1.29, 1.82) is 0 Å². The molecule has 7 nitrogen and oxygen atoms in total. The molecular formula is C19H23N5O2. The lowest BCUT2D eigenvalue weighted by Gasteiger charge is -2.22. The Morgan fingerprint density at radius 3 is 2.85 bits per heavy atom. The third kappa shape index (κ3) is 2.78. The van der Waals surface area contributed by atoms with Crippen LogP contribution in [0.25, 0.3) is 11.3 Å². The molecule has 1 aliphatic carbocycles. The van der Waals surface area contributed by atoms with E-state index in [-0.39, 0.29) is 23.9 Å². The monoisotopic (exact) mass is 353 g/mol. The van der Waals surface area contributed by atoms with Gasteiger partial charge in [0.05, 0.1) is 18.7 Å². The van der Waals surface area contributed by atoms with Crippen molar-refractivity contribution in [2.75, 3.05) is 30.8 Å². The van der Waals surface area contributed by atoms with Crippen molar-refractivity contribution < 1.29 is 9.53 Å². The Morgan fingerprint density at radius 2 is 2.04 bits per heavy atom. The van der Waals surface area contributed by atoms with Gasteiger partial charge in [-0.05, 0) is 24.8 Å². The van der Waals surface area contributed by atoms with Gasteiger partial charge < -0.3 is 21.1 Å². The average Bonchev–Trinajstić information content (AvgIpc) is 2.93. The largest absolute Gasteiger partial charge is 0.469 e. The Kier molecular flexibility index (Phi) is 4.24. The molecule has 1 saturated heterocycles. The number of aryl methyl sites for hydroxylation is 1. The topological polar surface area (TPSA) is 107 Å². The van der Waals surface area contributed by atoms with E-state index in [0.29, 0.717) is 13.1 Å². The molecule has 1 aromatic carbocycles. The van der Waals surface area contributed by atoms with Crippen molar-refractivity contribution in [2.45, 2.75) is 25.3 Å². The fourth-order valence-corrected chi connectivity index (χ4v) is 4.03. The first-order valence-corrected chi connectivity index (χ1v) is 8.91. The summed E-state index contributed by atoms with van der Waals surface area (Å²) >= 11 is 0. The summed E-state index contributed by atoms with van der Waals surface area (Å²) in [5.74, 6) is 0.403. The molecule has 2 atom stereocenters. The number of esters is 1. The number of fused-ring (bicyclic) bond motifs is 3. The minimum atomic E-state index is -0.357. The summed E-state index contributed by atoms with van der Waals surface area (Å²) in [6, 6.07) is 8.01. The Balaban J connectivity index is 1.78. The summed E-state index contributed by atoms with van der Waals surface area (Å²) in [6.07, 6.45) is 2.88. The molecule has 4 N–H and O–H groups in total. The number of rotatable bonds is 2. The van der Waals surface area contributed by atoms with Gasteiger partial charge in [-0.2, -0.15) is 4.98 Å². The highest BCUT2D eigenvalue weighted by molar-refractivity contribution is 5.77. The predicted octanol–water partition coefficient (Wildman–Crippen LogP) is 1.15. The molecule has 0 amide bonds. The number of hydrogen-bond donors (Lipinski definition) is 2. The second-order valence-electron chi connectivity index (χ2n) is 6.94. The smallest absolute Gasteiger partial charge is 0.312 e. The molecule has 0 radical (unpaired) electrons. The van der Waals surface area contributed by atoms with Crippen molar-refractivity contribution in [3.05, 3.63) is 35.4 Å². The highest BCUT2D eigenvalue weighted by Gasteiger charge is 2.38. The molecule has 2 aromatic rings. The van der Waals surface area contributed by atoms with Gasteiger partial charge in [0.15, 0.2) is 0 Å². The van der Waals surface area contributed by atoms with Crippen LogP contribution in [-0.2, 0) is 22.4 Å². The van der Waals surface area contributed by atoms with Crippen LogP contribution in [0.1, 0.15) is 17.5 Å². The van der Waals surface area contributed by atoms with Crippen LogP contribution in [0.15, 0.2) is 24.3 Å². The Morgan fingerprint density at radius 1 is 1.23 bits per heavy atom. The maximum absolute atomic E-state index is 12.0. The van der Waals surface area contributed by atoms with E-state index < -0.39 is 0 Å². The zero-order chi connectivity index (χ0) is 18.3. The molecule has 0 bridgehead atoms. The van der Waals surface area contributed by atoms with Crippen LogP contribution < -0.4 is 16.4 Å². The second-order valence-corrected chi connectivity index (χ2v) is 6.94. The van der Waals surface area contributed by atoms with E-state index in [2.05, 4.69) is 33.1 Å². The zero-order valence-corrected chi connectivity index (χ0v) is 14.8. The van der Waals surface area contributed by atoms with Crippen molar-refractivity contribution in [3.63, 3.8) is 0 Å². The lowest BCUT2D eigenvalue weighted by Crippen LogP contribution is -2.34. The molecule has 1 unspecified atom stereocenters. The summed E-state index contributed by atoms with van der Waals surface area (Å²) in [7, 11) is 1.39. The molecule has 1 aliphatic heterocycles. The first-order chi connectivity index (χ1) is 12.6. The van der Waals surface area contributed by atoms with Gasteiger partial charge >= 0.3 is 5.97 Å². The zero-order valence-electron chi connectivity index (χ0n) is 14.8. The van der Waals surface area contributed by atoms with Crippen LogP contribution in [0.4, 0.5) is 11.8 Å². The van der Waals surface area contributed by atoms with Crippen LogP contribution in [0, 0.1) is 5.92 Å². The maximum Gasteiger partial charge on any atom is 0.312 e. The first-order valence-electron chi connectivity index (χ1n) is 8.91. The standard InChI is InChI=1S/C19H23N5O2/c1-26-18(25)14-9-24(10-15(14)20)17-13-8-4-6-11-5-2-3-7-12(11)16(13)22-19(21)23-17/h2-3,5,7,14-15H,4,6,8-10,20H2,1H3,(H2,21,22,23)/t14?,15-/m0/s1. The average molecular weight is 353 g/mol. The van der Waals surface area contributed by atoms with Gasteiger partial charge in [-0.1, -0.05) is 24.3 Å². The summed E-state index contributed by atoms with van der Waals surface area (Å²) in [4.78, 5) is 23.1. The SMILES string of the molecule is COC(=O)C1CN(c2nc(N)nc3c2CCCc2ccccc2-3)C[C@@H]1N. The maximum atomic E-state index is 12.0. The van der Waals surface area contributed by atoms with Crippen molar-refractivity contribution in [2.24, 2.45) is 11.7 Å². The minimum absolute atomic E-state index is 0.241. The summed E-state index contributed by atoms with van der Waals surface area (Å²) in [6.45, 7) is 1.03. The van der Waals surface area contributed by atoms with E-state index in [1.54, 1.807) is 0 Å². The second kappa shape index (κ2) is 6.57. The fraction of sp³-hybridized carbons (Fsp3) is 0.421. The molecule has 2 aliphatic rings. The van der Waals surface area contributed by atoms with Gasteiger partial charge in [-0.3, -0.25) is 4.79 Å². The van der Waals surface area contributed by atoms with E-state index >= 15 is 0 Å². The van der Waals surface area contributed by atoms with Gasteiger partial charge in [-0.25, -0.2) is 4.98 Å². The van der Waals surface area contributed by atoms with E-state index in [9.17, 15) is 4.79 Å². The van der Waals surface area contributed by atoms with Gasteiger partial charge in [0.2, 0.25) is 5.95 Å². The molecule has 1 aromatic heterocycles. The third-order valence-corrected chi connectivity index (χ3v) is 5.32. The molecule has 0 spiro atoms. The lowest BCUT2D eigenvalue weighted by molar-refractivity contribution is -0.145.